The Labute approximate surface area is 58.8 Å². The van der Waals surface area contributed by atoms with E-state index in [2.05, 4.69) is 26.8 Å². The summed E-state index contributed by atoms with van der Waals surface area (Å²) in [6.45, 7) is 3.17. The molecule has 5 heteroatoms. The molecule has 0 aromatic carbocycles. The van der Waals surface area contributed by atoms with Gasteiger partial charge in [-0.3, -0.25) is 10.3 Å². The van der Waals surface area contributed by atoms with Crippen molar-refractivity contribution in [2.24, 2.45) is 9.98 Å². The molecule has 0 fully saturated rings. The molecule has 0 aliphatic carbocycles. The molecule has 0 heterocycles. The number of guanidine groups is 1. The number of hydrogen-bond acceptors (Lipinski definition) is 3. The van der Waals surface area contributed by atoms with Gasteiger partial charge in [-0.05, 0) is 6.72 Å². The van der Waals surface area contributed by atoms with Crippen LogP contribution in [0.15, 0.2) is 9.98 Å². The van der Waals surface area contributed by atoms with Crippen molar-refractivity contribution >= 4 is 18.8 Å². The molecule has 0 atom stereocenters. The van der Waals surface area contributed by atoms with Crippen LogP contribution in [0, 0.1) is 0 Å². The number of nitrogens with one attached hydrogen (secondary N) is 1. The molecule has 0 saturated heterocycles. The summed E-state index contributed by atoms with van der Waals surface area (Å²) in [6, 6.07) is 0. The summed E-state index contributed by atoms with van der Waals surface area (Å²) >= 11 is 0. The van der Waals surface area contributed by atoms with Crippen molar-refractivity contribution in [2.75, 3.05) is 14.2 Å². The van der Waals surface area contributed by atoms with Crippen LogP contribution in [-0.2, 0) is 4.74 Å². The first-order valence-electron chi connectivity index (χ1n) is 2.53. The molecule has 0 aromatic rings. The molecule has 56 valence electrons. The number of aliphatic imine (C=N–C) groups is 2. The van der Waals surface area contributed by atoms with E-state index < -0.39 is 6.09 Å². The van der Waals surface area contributed by atoms with E-state index in [1.165, 1.54) is 14.2 Å². The minimum Gasteiger partial charge on any atom is -0.453 e. The Balaban J connectivity index is 3.87. The van der Waals surface area contributed by atoms with Gasteiger partial charge in [-0.25, -0.2) is 9.79 Å². The van der Waals surface area contributed by atoms with Crippen LogP contribution in [-0.4, -0.2) is 32.9 Å². The predicted octanol–water partition coefficient (Wildman–Crippen LogP) is 0.0288. The standard InChI is InChI=1S/C5H9N3O2/c1-6-4(7-2)8-5(9)10-3/h1H2,2-3H3,(H,7,8,9). The van der Waals surface area contributed by atoms with Crippen LogP contribution in [0.5, 0.6) is 0 Å². The van der Waals surface area contributed by atoms with Crippen molar-refractivity contribution < 1.29 is 9.53 Å². The molecule has 0 spiro atoms. The zero-order chi connectivity index (χ0) is 7.98. The average Bonchev–Trinajstić information content (AvgIpc) is 1.99. The molecule has 5 nitrogen and oxygen atoms in total. The molecule has 0 aliphatic rings. The fourth-order valence-electron chi connectivity index (χ4n) is 0.308. The topological polar surface area (TPSA) is 63.0 Å². The third-order valence-corrected chi connectivity index (χ3v) is 0.761. The van der Waals surface area contributed by atoms with E-state index in [1.54, 1.807) is 0 Å². The van der Waals surface area contributed by atoms with Crippen LogP contribution in [0.25, 0.3) is 0 Å². The van der Waals surface area contributed by atoms with Gasteiger partial charge in [0.1, 0.15) is 0 Å². The van der Waals surface area contributed by atoms with Gasteiger partial charge in [0.25, 0.3) is 0 Å². The van der Waals surface area contributed by atoms with E-state index in [0.717, 1.165) is 0 Å². The molecule has 0 saturated carbocycles. The summed E-state index contributed by atoms with van der Waals surface area (Å²) < 4.78 is 4.27. The van der Waals surface area contributed by atoms with Gasteiger partial charge in [0.05, 0.1) is 7.11 Å². The quantitative estimate of drug-likeness (QED) is 0.384. The Morgan fingerprint density at radius 1 is 1.70 bits per heavy atom. The van der Waals surface area contributed by atoms with Crippen molar-refractivity contribution in [3.8, 4) is 0 Å². The Bertz CT molecular complexity index is 164. The summed E-state index contributed by atoms with van der Waals surface area (Å²) in [4.78, 5) is 17.4. The number of hydrogen-bond donors (Lipinski definition) is 1. The van der Waals surface area contributed by atoms with Crippen molar-refractivity contribution in [1.82, 2.24) is 5.32 Å². The van der Waals surface area contributed by atoms with Crippen LogP contribution >= 0.6 is 0 Å². The number of rotatable bonds is 0. The lowest BCUT2D eigenvalue weighted by Crippen LogP contribution is -2.28. The van der Waals surface area contributed by atoms with E-state index in [1.807, 2.05) is 0 Å². The number of alkyl carbamates (subject to hydrolysis) is 1. The van der Waals surface area contributed by atoms with E-state index >= 15 is 0 Å². The van der Waals surface area contributed by atoms with E-state index in [0.29, 0.717) is 0 Å². The van der Waals surface area contributed by atoms with Gasteiger partial charge < -0.3 is 4.74 Å². The Hall–Kier alpha value is -1.39. The molecule has 0 aliphatic heterocycles. The van der Waals surface area contributed by atoms with Gasteiger partial charge in [-0.15, -0.1) is 0 Å². The van der Waals surface area contributed by atoms with Crippen molar-refractivity contribution in [1.29, 1.82) is 0 Å². The third-order valence-electron chi connectivity index (χ3n) is 0.761. The van der Waals surface area contributed by atoms with Crippen molar-refractivity contribution in [3.63, 3.8) is 0 Å². The molecule has 0 radical (unpaired) electrons. The maximum Gasteiger partial charge on any atom is 0.413 e. The van der Waals surface area contributed by atoms with Crippen LogP contribution in [0.2, 0.25) is 0 Å². The number of nitrogens with zero attached hydrogens (tertiary/aromatic N) is 2. The van der Waals surface area contributed by atoms with Gasteiger partial charge in [0.2, 0.25) is 5.96 Å². The van der Waals surface area contributed by atoms with Crippen LogP contribution in [0.4, 0.5) is 4.79 Å². The summed E-state index contributed by atoms with van der Waals surface area (Å²) in [5.41, 5.74) is 0. The Kier molecular flexibility index (Phi) is 3.86. The normalized spacial score (nSPS) is 10.4. The minimum atomic E-state index is -0.604. The first-order valence-corrected chi connectivity index (χ1v) is 2.53. The van der Waals surface area contributed by atoms with E-state index in [9.17, 15) is 4.79 Å². The first kappa shape index (κ1) is 8.61. The number of amides is 1. The summed E-state index contributed by atoms with van der Waals surface area (Å²) in [5.74, 6) is 0.145. The molecule has 1 N–H and O–H groups in total. The monoisotopic (exact) mass is 143 g/mol. The van der Waals surface area contributed by atoms with Gasteiger partial charge >= 0.3 is 6.09 Å². The van der Waals surface area contributed by atoms with Gasteiger partial charge in [-0.2, -0.15) is 0 Å². The molecule has 10 heavy (non-hydrogen) atoms. The van der Waals surface area contributed by atoms with Crippen molar-refractivity contribution in [3.05, 3.63) is 0 Å². The lowest BCUT2D eigenvalue weighted by Gasteiger charge is -1.99. The highest BCUT2D eigenvalue weighted by Crippen LogP contribution is 1.75. The molecular weight excluding hydrogens is 134 g/mol. The highest BCUT2D eigenvalue weighted by molar-refractivity contribution is 5.95. The fraction of sp³-hybridized carbons (Fsp3) is 0.400. The highest BCUT2D eigenvalue weighted by Gasteiger charge is 1.99. The SMILES string of the molecule is C=NC(=NC)NC(=O)OC. The Morgan fingerprint density at radius 3 is 2.60 bits per heavy atom. The third kappa shape index (κ3) is 2.81. The van der Waals surface area contributed by atoms with E-state index in [-0.39, 0.29) is 5.96 Å². The molecule has 0 unspecified atom stereocenters. The maximum absolute atomic E-state index is 10.4. The van der Waals surface area contributed by atoms with Crippen LogP contribution < -0.4 is 5.32 Å². The summed E-state index contributed by atoms with van der Waals surface area (Å²) in [6.07, 6.45) is -0.604. The van der Waals surface area contributed by atoms with Gasteiger partial charge in [-0.1, -0.05) is 0 Å². The lowest BCUT2D eigenvalue weighted by molar-refractivity contribution is 0.176. The van der Waals surface area contributed by atoms with Gasteiger partial charge in [0, 0.05) is 7.05 Å². The summed E-state index contributed by atoms with van der Waals surface area (Å²) in [7, 11) is 2.74. The molecule has 0 rings (SSSR count). The first-order chi connectivity index (χ1) is 4.74. The number of carbonyl (C=O) groups excluding carboxylic acids is 1. The summed E-state index contributed by atoms with van der Waals surface area (Å²) in [5, 5.41) is 2.23. The minimum absolute atomic E-state index is 0.145. The number of carbonyl (C=O) groups is 1. The predicted molar refractivity (Wildman–Crippen MR) is 38.4 cm³/mol. The Morgan fingerprint density at radius 2 is 2.30 bits per heavy atom. The van der Waals surface area contributed by atoms with E-state index in [4.69, 9.17) is 0 Å². The number of ether oxygens (including phenoxy) is 1. The van der Waals surface area contributed by atoms with Crippen molar-refractivity contribution in [2.45, 2.75) is 0 Å². The average molecular weight is 143 g/mol. The molecular formula is C5H9N3O2. The maximum atomic E-state index is 10.4. The van der Waals surface area contributed by atoms with Crippen LogP contribution in [0.1, 0.15) is 0 Å². The molecule has 0 bridgehead atoms. The van der Waals surface area contributed by atoms with Gasteiger partial charge in [0.15, 0.2) is 0 Å². The second-order valence-electron chi connectivity index (χ2n) is 1.32. The number of methoxy groups -OCH3 is 1. The largest absolute Gasteiger partial charge is 0.453 e. The molecule has 1 amide bonds. The smallest absolute Gasteiger partial charge is 0.413 e. The molecule has 0 aromatic heterocycles. The second kappa shape index (κ2) is 4.49. The zero-order valence-electron chi connectivity index (χ0n) is 5.92. The van der Waals surface area contributed by atoms with Crippen LogP contribution in [0.3, 0.4) is 0 Å². The highest BCUT2D eigenvalue weighted by atomic mass is 16.5. The lowest BCUT2D eigenvalue weighted by atomic mass is 10.9. The second-order valence-corrected chi connectivity index (χ2v) is 1.32. The fourth-order valence-corrected chi connectivity index (χ4v) is 0.308. The zero-order valence-corrected chi connectivity index (χ0v) is 5.92.